The molecule has 0 N–H and O–H groups in total. The number of nitrogens with zero attached hydrogens (tertiary/aromatic N) is 5. The van der Waals surface area contributed by atoms with Crippen LogP contribution in [0.1, 0.15) is 38.1 Å². The maximum atomic E-state index is 9.10. The summed E-state index contributed by atoms with van der Waals surface area (Å²) in [6, 6.07) is 4.31. The molecule has 1 aliphatic rings. The predicted molar refractivity (Wildman–Crippen MR) is 55.9 cm³/mol. The van der Waals surface area contributed by atoms with E-state index in [9.17, 15) is 0 Å². The molecule has 16 heavy (non-hydrogen) atoms. The molecule has 0 amide bonds. The zero-order valence-electron chi connectivity index (χ0n) is 9.17. The molecule has 0 radical (unpaired) electrons. The fourth-order valence-electron chi connectivity index (χ4n) is 2.28. The molecule has 1 aliphatic carbocycles. The van der Waals surface area contributed by atoms with E-state index in [1.165, 1.54) is 0 Å². The average Bonchev–Trinajstić information content (AvgIpc) is 2.77. The van der Waals surface area contributed by atoms with E-state index in [0.717, 1.165) is 19.3 Å². The Balaban J connectivity index is 2.23. The lowest BCUT2D eigenvalue weighted by Gasteiger charge is -2.30. The SMILES string of the molecule is CC1CCC(C#N)C(n2cnc(C#N)n2)C1. The molecule has 1 saturated carbocycles. The summed E-state index contributed by atoms with van der Waals surface area (Å²) in [4.78, 5) is 3.88. The molecule has 0 bridgehead atoms. The van der Waals surface area contributed by atoms with E-state index < -0.39 is 0 Å². The summed E-state index contributed by atoms with van der Waals surface area (Å²) in [5.41, 5.74) is 0. The van der Waals surface area contributed by atoms with Crippen LogP contribution in [0.25, 0.3) is 0 Å². The van der Waals surface area contributed by atoms with E-state index in [-0.39, 0.29) is 17.8 Å². The Labute approximate surface area is 94.3 Å². The summed E-state index contributed by atoms with van der Waals surface area (Å²) < 4.78 is 1.68. The topological polar surface area (TPSA) is 78.3 Å². The summed E-state index contributed by atoms with van der Waals surface area (Å²) >= 11 is 0. The summed E-state index contributed by atoms with van der Waals surface area (Å²) in [6.45, 7) is 2.18. The first-order chi connectivity index (χ1) is 7.74. The summed E-state index contributed by atoms with van der Waals surface area (Å²) in [6.07, 6.45) is 4.50. The molecule has 1 fully saturated rings. The molecule has 0 saturated heterocycles. The Morgan fingerprint density at radius 2 is 2.25 bits per heavy atom. The Morgan fingerprint density at radius 1 is 1.44 bits per heavy atom. The Kier molecular flexibility index (Phi) is 2.87. The Bertz CT molecular complexity index is 450. The molecule has 0 aromatic carbocycles. The second-order valence-electron chi connectivity index (χ2n) is 4.38. The zero-order valence-corrected chi connectivity index (χ0v) is 9.17. The lowest BCUT2D eigenvalue weighted by atomic mass is 9.80. The van der Waals surface area contributed by atoms with Gasteiger partial charge in [-0.2, -0.15) is 10.5 Å². The highest BCUT2D eigenvalue weighted by molar-refractivity contribution is 5.06. The second-order valence-corrected chi connectivity index (χ2v) is 4.38. The second kappa shape index (κ2) is 4.32. The molecule has 5 nitrogen and oxygen atoms in total. The van der Waals surface area contributed by atoms with E-state index >= 15 is 0 Å². The predicted octanol–water partition coefficient (Wildman–Crippen LogP) is 1.65. The first-order valence-corrected chi connectivity index (χ1v) is 5.45. The number of hydrogen-bond acceptors (Lipinski definition) is 4. The lowest BCUT2D eigenvalue weighted by molar-refractivity contribution is 0.218. The van der Waals surface area contributed by atoms with Crippen LogP contribution in [0, 0.1) is 34.5 Å². The molecular formula is C11H13N5. The van der Waals surface area contributed by atoms with Crippen LogP contribution >= 0.6 is 0 Å². The van der Waals surface area contributed by atoms with E-state index in [0.29, 0.717) is 5.92 Å². The van der Waals surface area contributed by atoms with Crippen LogP contribution in [0.5, 0.6) is 0 Å². The third-order valence-corrected chi connectivity index (χ3v) is 3.19. The van der Waals surface area contributed by atoms with E-state index in [4.69, 9.17) is 10.5 Å². The molecule has 82 valence electrons. The van der Waals surface area contributed by atoms with Crippen LogP contribution in [0.4, 0.5) is 0 Å². The molecule has 3 unspecified atom stereocenters. The van der Waals surface area contributed by atoms with E-state index in [2.05, 4.69) is 23.1 Å². The molecule has 1 heterocycles. The molecule has 1 aromatic rings. The highest BCUT2D eigenvalue weighted by Crippen LogP contribution is 2.36. The third-order valence-electron chi connectivity index (χ3n) is 3.19. The van der Waals surface area contributed by atoms with Gasteiger partial charge in [-0.3, -0.25) is 0 Å². The summed E-state index contributed by atoms with van der Waals surface area (Å²) in [5.74, 6) is 0.767. The standard InChI is InChI=1S/C11H13N5/c1-8-2-3-9(5-12)10(4-8)16-7-14-11(6-13)15-16/h7-10H,2-4H2,1H3. The van der Waals surface area contributed by atoms with Gasteiger partial charge in [0.05, 0.1) is 18.0 Å². The van der Waals surface area contributed by atoms with Gasteiger partial charge < -0.3 is 0 Å². The number of rotatable bonds is 1. The van der Waals surface area contributed by atoms with Crippen LogP contribution < -0.4 is 0 Å². The first kappa shape index (κ1) is 10.6. The number of hydrogen-bond donors (Lipinski definition) is 0. The van der Waals surface area contributed by atoms with Crippen molar-refractivity contribution < 1.29 is 0 Å². The van der Waals surface area contributed by atoms with Crippen molar-refractivity contribution in [1.29, 1.82) is 10.5 Å². The van der Waals surface area contributed by atoms with Crippen LogP contribution in [0.2, 0.25) is 0 Å². The van der Waals surface area contributed by atoms with Gasteiger partial charge in [0.25, 0.3) is 5.82 Å². The quantitative estimate of drug-likeness (QED) is 0.713. The summed E-state index contributed by atoms with van der Waals surface area (Å²) in [7, 11) is 0. The fraction of sp³-hybridized carbons (Fsp3) is 0.636. The first-order valence-electron chi connectivity index (χ1n) is 5.45. The van der Waals surface area contributed by atoms with Gasteiger partial charge in [0, 0.05) is 0 Å². The number of aromatic nitrogens is 3. The third kappa shape index (κ3) is 1.90. The molecule has 5 heteroatoms. The van der Waals surface area contributed by atoms with Gasteiger partial charge in [-0.05, 0) is 25.2 Å². The summed E-state index contributed by atoms with van der Waals surface area (Å²) in [5, 5.41) is 21.8. The minimum atomic E-state index is -0.00978. The molecule has 0 spiro atoms. The molecule has 0 aliphatic heterocycles. The van der Waals surface area contributed by atoms with Crippen molar-refractivity contribution in [2.24, 2.45) is 11.8 Å². The van der Waals surface area contributed by atoms with Gasteiger partial charge in [0.15, 0.2) is 0 Å². The minimum Gasteiger partial charge on any atom is -0.247 e. The van der Waals surface area contributed by atoms with Gasteiger partial charge in [-0.15, -0.1) is 5.10 Å². The van der Waals surface area contributed by atoms with Crippen LogP contribution in [-0.2, 0) is 0 Å². The Hall–Kier alpha value is -1.88. The lowest BCUT2D eigenvalue weighted by Crippen LogP contribution is -2.26. The molecular weight excluding hydrogens is 202 g/mol. The van der Waals surface area contributed by atoms with Crippen molar-refractivity contribution in [3.8, 4) is 12.1 Å². The fourth-order valence-corrected chi connectivity index (χ4v) is 2.28. The molecule has 2 rings (SSSR count). The van der Waals surface area contributed by atoms with Crippen molar-refractivity contribution >= 4 is 0 Å². The van der Waals surface area contributed by atoms with E-state index in [1.807, 2.05) is 6.07 Å². The van der Waals surface area contributed by atoms with Crippen molar-refractivity contribution in [3.63, 3.8) is 0 Å². The molecule has 1 aromatic heterocycles. The Morgan fingerprint density at radius 3 is 2.88 bits per heavy atom. The van der Waals surface area contributed by atoms with Crippen molar-refractivity contribution in [1.82, 2.24) is 14.8 Å². The normalized spacial score (nSPS) is 29.3. The van der Waals surface area contributed by atoms with Gasteiger partial charge in [0.2, 0.25) is 0 Å². The van der Waals surface area contributed by atoms with E-state index in [1.54, 1.807) is 11.0 Å². The minimum absolute atomic E-state index is 0.00978. The van der Waals surface area contributed by atoms with Gasteiger partial charge in [-0.1, -0.05) is 6.92 Å². The van der Waals surface area contributed by atoms with Gasteiger partial charge in [-0.25, -0.2) is 9.67 Å². The van der Waals surface area contributed by atoms with Crippen molar-refractivity contribution in [3.05, 3.63) is 12.2 Å². The smallest absolute Gasteiger partial charge is 0.247 e. The van der Waals surface area contributed by atoms with Crippen molar-refractivity contribution in [2.45, 2.75) is 32.2 Å². The van der Waals surface area contributed by atoms with Crippen LogP contribution in [0.3, 0.4) is 0 Å². The highest BCUT2D eigenvalue weighted by Gasteiger charge is 2.30. The zero-order chi connectivity index (χ0) is 11.5. The van der Waals surface area contributed by atoms with Crippen molar-refractivity contribution in [2.75, 3.05) is 0 Å². The highest BCUT2D eigenvalue weighted by atomic mass is 15.3. The molecule has 3 atom stereocenters. The maximum Gasteiger partial charge on any atom is 0.252 e. The largest absolute Gasteiger partial charge is 0.252 e. The van der Waals surface area contributed by atoms with Crippen LogP contribution in [-0.4, -0.2) is 14.8 Å². The monoisotopic (exact) mass is 215 g/mol. The average molecular weight is 215 g/mol. The van der Waals surface area contributed by atoms with Gasteiger partial charge in [0.1, 0.15) is 12.4 Å². The van der Waals surface area contributed by atoms with Gasteiger partial charge >= 0.3 is 0 Å². The maximum absolute atomic E-state index is 9.10. The number of nitriles is 2. The van der Waals surface area contributed by atoms with Crippen LogP contribution in [0.15, 0.2) is 6.33 Å².